The fourth-order valence-electron chi connectivity index (χ4n) is 4.08. The Labute approximate surface area is 179 Å². The Kier molecular flexibility index (Phi) is 9.40. The molecule has 1 atom stereocenters. The lowest BCUT2D eigenvalue weighted by atomic mass is 9.93. The number of rotatable bonds is 11. The largest absolute Gasteiger partial charge is 0.478 e. The van der Waals surface area contributed by atoms with E-state index in [1.807, 2.05) is 6.92 Å². The first kappa shape index (κ1) is 24.0. The lowest BCUT2D eigenvalue weighted by molar-refractivity contribution is -0.384. The quantitative estimate of drug-likeness (QED) is 0.267. The molecule has 2 rings (SSSR count). The summed E-state index contributed by atoms with van der Waals surface area (Å²) in [6.07, 6.45) is 6.15. The highest BCUT2D eigenvalue weighted by Crippen LogP contribution is 2.37. The molecule has 1 aromatic carbocycles. The Morgan fingerprint density at radius 1 is 1.23 bits per heavy atom. The predicted molar refractivity (Wildman–Crippen MR) is 118 cm³/mol. The molecular formula is C23H36N2O5. The van der Waals surface area contributed by atoms with E-state index in [9.17, 15) is 14.9 Å². The lowest BCUT2D eigenvalue weighted by Crippen LogP contribution is -2.39. The minimum absolute atomic E-state index is 0.0258. The summed E-state index contributed by atoms with van der Waals surface area (Å²) in [4.78, 5) is 26.0. The number of ether oxygens (including phenoxy) is 2. The molecule has 1 aliphatic carbocycles. The van der Waals surface area contributed by atoms with Gasteiger partial charge in [0.2, 0.25) is 0 Å². The van der Waals surface area contributed by atoms with Gasteiger partial charge in [-0.25, -0.2) is 4.79 Å². The van der Waals surface area contributed by atoms with Gasteiger partial charge in [0.1, 0.15) is 11.4 Å². The molecule has 30 heavy (non-hydrogen) atoms. The molecule has 0 bridgehead atoms. The second-order valence-electron chi connectivity index (χ2n) is 8.39. The standard InChI is InChI=1S/C23H36N2O5/c1-5-10-22(23(26)29-6-2)30-19-13-14-20(21(15-19)25(27)28)24(16-17(3)4)18-11-8-7-9-12-18/h13-15,17-18,22H,5-12,16H2,1-4H3. The van der Waals surface area contributed by atoms with Crippen LogP contribution in [0.25, 0.3) is 0 Å². The number of carbonyl (C=O) groups is 1. The Balaban J connectivity index is 2.34. The second-order valence-corrected chi connectivity index (χ2v) is 8.39. The first-order valence-electron chi connectivity index (χ1n) is 11.3. The van der Waals surface area contributed by atoms with E-state index in [-0.39, 0.29) is 17.2 Å². The van der Waals surface area contributed by atoms with E-state index in [0.717, 1.165) is 38.6 Å². The predicted octanol–water partition coefficient (Wildman–Crippen LogP) is 5.50. The topological polar surface area (TPSA) is 81.9 Å². The maximum absolute atomic E-state index is 12.2. The van der Waals surface area contributed by atoms with Crippen LogP contribution in [0.4, 0.5) is 11.4 Å². The molecule has 1 saturated carbocycles. The summed E-state index contributed by atoms with van der Waals surface area (Å²) < 4.78 is 10.9. The van der Waals surface area contributed by atoms with E-state index in [1.165, 1.54) is 12.5 Å². The number of nitrogens with zero attached hydrogens (tertiary/aromatic N) is 2. The van der Waals surface area contributed by atoms with Crippen LogP contribution in [0.3, 0.4) is 0 Å². The molecule has 0 spiro atoms. The number of nitro benzene ring substituents is 1. The van der Waals surface area contributed by atoms with E-state index in [0.29, 0.717) is 29.8 Å². The van der Waals surface area contributed by atoms with Crippen LogP contribution in [-0.4, -0.2) is 36.2 Å². The number of carbonyl (C=O) groups excluding carboxylic acids is 1. The van der Waals surface area contributed by atoms with Crippen molar-refractivity contribution >= 4 is 17.3 Å². The van der Waals surface area contributed by atoms with Gasteiger partial charge in [0.15, 0.2) is 6.10 Å². The van der Waals surface area contributed by atoms with Gasteiger partial charge in [0.05, 0.1) is 17.6 Å². The molecule has 0 amide bonds. The maximum Gasteiger partial charge on any atom is 0.347 e. The van der Waals surface area contributed by atoms with Gasteiger partial charge in [0, 0.05) is 12.6 Å². The summed E-state index contributed by atoms with van der Waals surface area (Å²) in [7, 11) is 0. The molecule has 1 fully saturated rings. The molecule has 1 unspecified atom stereocenters. The normalized spacial score (nSPS) is 15.6. The Morgan fingerprint density at radius 3 is 2.50 bits per heavy atom. The molecule has 0 heterocycles. The summed E-state index contributed by atoms with van der Waals surface area (Å²) in [5.74, 6) is 0.278. The number of benzene rings is 1. The van der Waals surface area contributed by atoms with Crippen molar-refractivity contribution in [3.05, 3.63) is 28.3 Å². The number of hydrogen-bond acceptors (Lipinski definition) is 6. The van der Waals surface area contributed by atoms with Crippen molar-refractivity contribution in [3.63, 3.8) is 0 Å². The summed E-state index contributed by atoms with van der Waals surface area (Å²) in [6.45, 7) is 9.01. The highest BCUT2D eigenvalue weighted by atomic mass is 16.6. The van der Waals surface area contributed by atoms with Crippen LogP contribution in [0.5, 0.6) is 5.75 Å². The van der Waals surface area contributed by atoms with Crippen LogP contribution in [-0.2, 0) is 9.53 Å². The Morgan fingerprint density at radius 2 is 1.93 bits per heavy atom. The Hall–Kier alpha value is -2.31. The van der Waals surface area contributed by atoms with Crippen LogP contribution in [0, 0.1) is 16.0 Å². The van der Waals surface area contributed by atoms with Gasteiger partial charge < -0.3 is 14.4 Å². The molecule has 0 saturated heterocycles. The smallest absolute Gasteiger partial charge is 0.347 e. The van der Waals surface area contributed by atoms with E-state index < -0.39 is 12.1 Å². The highest BCUT2D eigenvalue weighted by molar-refractivity contribution is 5.75. The number of esters is 1. The summed E-state index contributed by atoms with van der Waals surface area (Å²) >= 11 is 0. The van der Waals surface area contributed by atoms with E-state index >= 15 is 0 Å². The third-order valence-electron chi connectivity index (χ3n) is 5.41. The van der Waals surface area contributed by atoms with Crippen molar-refractivity contribution in [2.75, 3.05) is 18.1 Å². The van der Waals surface area contributed by atoms with Crippen LogP contribution in [0.2, 0.25) is 0 Å². The van der Waals surface area contributed by atoms with Gasteiger partial charge >= 0.3 is 5.97 Å². The number of nitro groups is 1. The zero-order valence-corrected chi connectivity index (χ0v) is 18.8. The maximum atomic E-state index is 12.2. The fraction of sp³-hybridized carbons (Fsp3) is 0.696. The minimum Gasteiger partial charge on any atom is -0.478 e. The molecule has 7 nitrogen and oxygen atoms in total. The van der Waals surface area contributed by atoms with Crippen molar-refractivity contribution in [2.24, 2.45) is 5.92 Å². The number of anilines is 1. The Bertz CT molecular complexity index is 701. The van der Waals surface area contributed by atoms with Crippen molar-refractivity contribution in [1.82, 2.24) is 0 Å². The molecule has 1 aromatic rings. The third-order valence-corrected chi connectivity index (χ3v) is 5.41. The molecule has 168 valence electrons. The third kappa shape index (κ3) is 6.61. The van der Waals surface area contributed by atoms with Crippen molar-refractivity contribution in [1.29, 1.82) is 0 Å². The molecule has 7 heteroatoms. The van der Waals surface area contributed by atoms with Crippen LogP contribution < -0.4 is 9.64 Å². The first-order valence-corrected chi connectivity index (χ1v) is 11.3. The van der Waals surface area contributed by atoms with Gasteiger partial charge in [-0.15, -0.1) is 0 Å². The van der Waals surface area contributed by atoms with Gasteiger partial charge in [-0.05, 0) is 44.2 Å². The molecule has 0 aliphatic heterocycles. The summed E-state index contributed by atoms with van der Waals surface area (Å²) in [6, 6.07) is 5.28. The fourth-order valence-corrected chi connectivity index (χ4v) is 4.08. The number of hydrogen-bond donors (Lipinski definition) is 0. The van der Waals surface area contributed by atoms with Gasteiger partial charge in [-0.1, -0.05) is 46.5 Å². The molecule has 0 N–H and O–H groups in total. The van der Waals surface area contributed by atoms with E-state index in [2.05, 4.69) is 18.7 Å². The van der Waals surface area contributed by atoms with Crippen molar-refractivity contribution < 1.29 is 19.2 Å². The van der Waals surface area contributed by atoms with E-state index in [1.54, 1.807) is 19.1 Å². The van der Waals surface area contributed by atoms with Crippen molar-refractivity contribution in [2.45, 2.75) is 84.8 Å². The zero-order valence-electron chi connectivity index (χ0n) is 18.8. The van der Waals surface area contributed by atoms with Gasteiger partial charge in [-0.2, -0.15) is 0 Å². The summed E-state index contributed by atoms with van der Waals surface area (Å²) in [5, 5.41) is 11.9. The SMILES string of the molecule is CCCC(Oc1ccc(N(CC(C)C)C2CCCCC2)c([N+](=O)[O-])c1)C(=O)OCC. The average Bonchev–Trinajstić information content (AvgIpc) is 2.72. The van der Waals surface area contributed by atoms with E-state index in [4.69, 9.17) is 9.47 Å². The molecule has 1 aliphatic rings. The molecular weight excluding hydrogens is 384 g/mol. The average molecular weight is 421 g/mol. The van der Waals surface area contributed by atoms with Crippen LogP contribution in [0.1, 0.15) is 72.6 Å². The lowest BCUT2D eigenvalue weighted by Gasteiger charge is -2.37. The highest BCUT2D eigenvalue weighted by Gasteiger charge is 2.29. The zero-order chi connectivity index (χ0) is 22.1. The monoisotopic (exact) mass is 420 g/mol. The molecule has 0 radical (unpaired) electrons. The van der Waals surface area contributed by atoms with Crippen molar-refractivity contribution in [3.8, 4) is 5.75 Å². The van der Waals surface area contributed by atoms with Gasteiger partial charge in [-0.3, -0.25) is 10.1 Å². The van der Waals surface area contributed by atoms with Crippen LogP contribution in [0.15, 0.2) is 18.2 Å². The first-order chi connectivity index (χ1) is 14.4. The minimum atomic E-state index is -0.759. The second kappa shape index (κ2) is 11.8. The van der Waals surface area contributed by atoms with Crippen LogP contribution >= 0.6 is 0 Å². The molecule has 0 aromatic heterocycles. The summed E-state index contributed by atoms with van der Waals surface area (Å²) in [5.41, 5.74) is 0.661. The van der Waals surface area contributed by atoms with Gasteiger partial charge in [0.25, 0.3) is 5.69 Å².